The van der Waals surface area contributed by atoms with Crippen LogP contribution in [-0.2, 0) is 21.4 Å². The first-order chi connectivity index (χ1) is 13.4. The van der Waals surface area contributed by atoms with Gasteiger partial charge in [-0.15, -0.1) is 0 Å². The summed E-state index contributed by atoms with van der Waals surface area (Å²) in [4.78, 5) is 17.3. The van der Waals surface area contributed by atoms with Crippen molar-refractivity contribution >= 4 is 33.2 Å². The Labute approximate surface area is 168 Å². The summed E-state index contributed by atoms with van der Waals surface area (Å²) in [5.41, 5.74) is 1.50. The van der Waals surface area contributed by atoms with Gasteiger partial charge in [-0.25, -0.2) is 13.4 Å². The van der Waals surface area contributed by atoms with Crippen LogP contribution >= 0.6 is 11.6 Å². The molecule has 1 amide bonds. The Hall–Kier alpha value is -2.42. The van der Waals surface area contributed by atoms with Crippen LogP contribution in [0.3, 0.4) is 0 Å². The topological polar surface area (TPSA) is 83.8 Å². The van der Waals surface area contributed by atoms with Crippen molar-refractivity contribution in [2.75, 3.05) is 6.54 Å². The van der Waals surface area contributed by atoms with Gasteiger partial charge in [0.25, 0.3) is 0 Å². The number of fused-ring (bicyclic) bond motifs is 1. The maximum absolute atomic E-state index is 12.9. The Morgan fingerprint density at radius 2 is 2.00 bits per heavy atom. The Kier molecular flexibility index (Phi) is 5.09. The van der Waals surface area contributed by atoms with Gasteiger partial charge in [0.2, 0.25) is 15.9 Å². The van der Waals surface area contributed by atoms with Gasteiger partial charge in [-0.3, -0.25) is 4.79 Å². The Balaban J connectivity index is 1.47. The fraction of sp³-hybridized carbons (Fsp3) is 0.263. The molecule has 0 saturated carbocycles. The molecule has 1 aliphatic heterocycles. The molecule has 3 aromatic rings. The molecule has 1 aliphatic rings. The summed E-state index contributed by atoms with van der Waals surface area (Å²) in [5, 5.41) is 3.28. The molecule has 0 radical (unpaired) electrons. The van der Waals surface area contributed by atoms with Crippen LogP contribution in [0.5, 0.6) is 0 Å². The molecular weight excluding hydrogens is 400 g/mol. The minimum absolute atomic E-state index is 0.136. The lowest BCUT2D eigenvalue weighted by atomic mass is 10.2. The van der Waals surface area contributed by atoms with E-state index in [2.05, 4.69) is 10.3 Å². The van der Waals surface area contributed by atoms with Crippen molar-refractivity contribution in [3.8, 4) is 0 Å². The summed E-state index contributed by atoms with van der Waals surface area (Å²) in [5.74, 6) is -0.313. The second-order valence-corrected chi connectivity index (χ2v) is 8.97. The largest absolute Gasteiger partial charge is 0.349 e. The monoisotopic (exact) mass is 418 g/mol. The number of amides is 1. The quantitative estimate of drug-likeness (QED) is 0.689. The molecular formula is C19H19ClN4O3S. The molecule has 4 rings (SSSR count). The molecule has 7 nitrogen and oxygen atoms in total. The first kappa shape index (κ1) is 18.9. The van der Waals surface area contributed by atoms with Crippen molar-refractivity contribution in [1.82, 2.24) is 19.0 Å². The average molecular weight is 419 g/mol. The Morgan fingerprint density at radius 3 is 2.75 bits per heavy atom. The molecule has 3 heterocycles. The highest BCUT2D eigenvalue weighted by atomic mass is 35.5. The number of nitrogens with zero attached hydrogens (tertiary/aromatic N) is 3. The molecule has 0 aliphatic carbocycles. The summed E-state index contributed by atoms with van der Waals surface area (Å²) in [6.45, 7) is 0.559. The highest BCUT2D eigenvalue weighted by molar-refractivity contribution is 7.89. The maximum atomic E-state index is 12.9. The van der Waals surface area contributed by atoms with Crippen molar-refractivity contribution in [3.63, 3.8) is 0 Å². The van der Waals surface area contributed by atoms with E-state index in [9.17, 15) is 13.2 Å². The van der Waals surface area contributed by atoms with Crippen molar-refractivity contribution in [2.45, 2.75) is 30.3 Å². The number of imidazole rings is 1. The molecule has 1 fully saturated rings. The van der Waals surface area contributed by atoms with Crippen LogP contribution in [0, 0.1) is 0 Å². The van der Waals surface area contributed by atoms with E-state index in [4.69, 9.17) is 11.6 Å². The number of nitrogens with one attached hydrogen (secondary N) is 1. The molecule has 146 valence electrons. The lowest BCUT2D eigenvalue weighted by Crippen LogP contribution is -2.45. The van der Waals surface area contributed by atoms with Crippen LogP contribution in [0.4, 0.5) is 0 Å². The Morgan fingerprint density at radius 1 is 1.21 bits per heavy atom. The number of carbonyl (C=O) groups excluding carboxylic acids is 1. The lowest BCUT2D eigenvalue weighted by Gasteiger charge is -2.23. The summed E-state index contributed by atoms with van der Waals surface area (Å²) >= 11 is 5.85. The maximum Gasteiger partial charge on any atom is 0.243 e. The highest BCUT2D eigenvalue weighted by Crippen LogP contribution is 2.27. The number of pyridine rings is 1. The molecule has 1 saturated heterocycles. The molecule has 1 aromatic carbocycles. The number of sulfonamides is 1. The molecule has 9 heteroatoms. The number of rotatable bonds is 5. The van der Waals surface area contributed by atoms with Gasteiger partial charge in [-0.1, -0.05) is 17.7 Å². The fourth-order valence-electron chi connectivity index (χ4n) is 3.40. The molecule has 0 bridgehead atoms. The fourth-order valence-corrected chi connectivity index (χ4v) is 5.18. The van der Waals surface area contributed by atoms with Crippen molar-refractivity contribution in [2.24, 2.45) is 0 Å². The third-order valence-corrected chi connectivity index (χ3v) is 6.96. The van der Waals surface area contributed by atoms with E-state index in [1.165, 1.54) is 28.6 Å². The third kappa shape index (κ3) is 3.63. The van der Waals surface area contributed by atoms with E-state index in [1.54, 1.807) is 0 Å². The molecule has 0 spiro atoms. The zero-order valence-electron chi connectivity index (χ0n) is 15.0. The molecule has 0 unspecified atom stereocenters. The number of halogens is 1. The minimum atomic E-state index is -3.76. The van der Waals surface area contributed by atoms with E-state index < -0.39 is 16.1 Å². The van der Waals surface area contributed by atoms with Crippen LogP contribution in [-0.4, -0.2) is 40.6 Å². The third-order valence-electron chi connectivity index (χ3n) is 4.78. The predicted octanol–water partition coefficient (Wildman–Crippen LogP) is 2.46. The predicted molar refractivity (Wildman–Crippen MR) is 105 cm³/mol. The molecule has 1 atom stereocenters. The van der Waals surface area contributed by atoms with E-state index in [0.29, 0.717) is 30.1 Å². The average Bonchev–Trinajstić information content (AvgIpc) is 3.33. The lowest BCUT2D eigenvalue weighted by molar-refractivity contribution is -0.124. The molecule has 1 N–H and O–H groups in total. The molecule has 2 aromatic heterocycles. The van der Waals surface area contributed by atoms with Crippen LogP contribution < -0.4 is 5.32 Å². The SMILES string of the molecule is O=C(NCc1cn2ccccc2n1)[C@@H]1CCCN1S(=O)(=O)c1ccc(Cl)cc1. The normalized spacial score (nSPS) is 17.8. The summed E-state index contributed by atoms with van der Waals surface area (Å²) in [6.07, 6.45) is 4.85. The number of aromatic nitrogens is 2. The van der Waals surface area contributed by atoms with Gasteiger partial charge in [0.15, 0.2) is 0 Å². The van der Waals surface area contributed by atoms with E-state index in [0.717, 1.165) is 5.65 Å². The van der Waals surface area contributed by atoms with Gasteiger partial charge >= 0.3 is 0 Å². The van der Waals surface area contributed by atoms with Crippen LogP contribution in [0.15, 0.2) is 59.8 Å². The summed E-state index contributed by atoms with van der Waals surface area (Å²) < 4.78 is 29.0. The first-order valence-electron chi connectivity index (χ1n) is 8.93. The van der Waals surface area contributed by atoms with E-state index >= 15 is 0 Å². The number of carbonyl (C=O) groups is 1. The smallest absolute Gasteiger partial charge is 0.243 e. The summed E-state index contributed by atoms with van der Waals surface area (Å²) in [6, 6.07) is 10.9. The summed E-state index contributed by atoms with van der Waals surface area (Å²) in [7, 11) is -3.76. The van der Waals surface area contributed by atoms with Crippen molar-refractivity contribution in [3.05, 3.63) is 65.6 Å². The van der Waals surface area contributed by atoms with Gasteiger partial charge in [0.1, 0.15) is 11.7 Å². The van der Waals surface area contributed by atoms with Crippen LogP contribution in [0.25, 0.3) is 5.65 Å². The van der Waals surface area contributed by atoms with Gasteiger partial charge in [0.05, 0.1) is 17.1 Å². The zero-order valence-corrected chi connectivity index (χ0v) is 16.5. The number of hydrogen-bond acceptors (Lipinski definition) is 4. The second-order valence-electron chi connectivity index (χ2n) is 6.64. The number of benzene rings is 1. The zero-order chi connectivity index (χ0) is 19.7. The molecule has 28 heavy (non-hydrogen) atoms. The van der Waals surface area contributed by atoms with E-state index in [1.807, 2.05) is 35.0 Å². The van der Waals surface area contributed by atoms with Gasteiger partial charge in [0, 0.05) is 24.0 Å². The van der Waals surface area contributed by atoms with Gasteiger partial charge < -0.3 is 9.72 Å². The highest BCUT2D eigenvalue weighted by Gasteiger charge is 2.39. The van der Waals surface area contributed by atoms with Crippen LogP contribution in [0.1, 0.15) is 18.5 Å². The second kappa shape index (κ2) is 7.54. The number of hydrogen-bond donors (Lipinski definition) is 1. The van der Waals surface area contributed by atoms with Crippen LogP contribution in [0.2, 0.25) is 5.02 Å². The minimum Gasteiger partial charge on any atom is -0.349 e. The first-order valence-corrected chi connectivity index (χ1v) is 10.7. The van der Waals surface area contributed by atoms with Gasteiger partial charge in [-0.05, 0) is 49.2 Å². The van der Waals surface area contributed by atoms with Crippen molar-refractivity contribution < 1.29 is 13.2 Å². The van der Waals surface area contributed by atoms with E-state index in [-0.39, 0.29) is 17.3 Å². The Bertz CT molecular complexity index is 1080. The van der Waals surface area contributed by atoms with Crippen molar-refractivity contribution in [1.29, 1.82) is 0 Å². The standard InChI is InChI=1S/C19H19ClN4O3S/c20-14-6-8-16(9-7-14)28(26,27)24-11-3-4-17(24)19(25)21-12-15-13-23-10-2-1-5-18(23)22-15/h1-2,5-10,13,17H,3-4,11-12H2,(H,21,25)/t17-/m0/s1. The van der Waals surface area contributed by atoms with Gasteiger partial charge in [-0.2, -0.15) is 4.31 Å².